The minimum atomic E-state index is -1.57. The molecule has 0 unspecified atom stereocenters. The van der Waals surface area contributed by atoms with E-state index < -0.39 is 41.2 Å². The van der Waals surface area contributed by atoms with Crippen LogP contribution in [0.25, 0.3) is 0 Å². The zero-order valence-corrected chi connectivity index (χ0v) is 22.7. The molecule has 204 valence electrons. The molecule has 1 saturated carbocycles. The summed E-state index contributed by atoms with van der Waals surface area (Å²) in [6.07, 6.45) is 4.62. The SMILES string of the molecule is CC(C)C[C@@]12C(=O)N(c3cccc(F)c3)C(=O)N1[C@H](c1ccc(Cl)cc1)[C@@H]1C(=O)N(C3CCCCC3)C(=O)[C@@H]12. The van der Waals surface area contributed by atoms with Gasteiger partial charge in [-0.15, -0.1) is 0 Å². The lowest BCUT2D eigenvalue weighted by molar-refractivity contribution is -0.147. The van der Waals surface area contributed by atoms with Crippen molar-refractivity contribution in [3.63, 3.8) is 0 Å². The molecule has 3 aliphatic heterocycles. The van der Waals surface area contributed by atoms with Crippen LogP contribution >= 0.6 is 11.6 Å². The maximum absolute atomic E-state index is 14.5. The number of carbonyl (C=O) groups is 4. The van der Waals surface area contributed by atoms with Crippen molar-refractivity contribution in [2.75, 3.05) is 4.90 Å². The van der Waals surface area contributed by atoms with E-state index in [1.54, 1.807) is 24.3 Å². The number of carbonyl (C=O) groups excluding carboxylic acids is 4. The second-order valence-electron chi connectivity index (χ2n) is 11.6. The Labute approximate surface area is 231 Å². The molecule has 0 radical (unpaired) electrons. The highest BCUT2D eigenvalue weighted by Gasteiger charge is 2.77. The fourth-order valence-electron chi connectivity index (χ4n) is 7.50. The highest BCUT2D eigenvalue weighted by atomic mass is 35.5. The van der Waals surface area contributed by atoms with Crippen molar-refractivity contribution in [1.82, 2.24) is 9.80 Å². The zero-order valence-electron chi connectivity index (χ0n) is 22.0. The normalized spacial score (nSPS) is 29.2. The van der Waals surface area contributed by atoms with Crippen molar-refractivity contribution >= 4 is 41.0 Å². The van der Waals surface area contributed by atoms with Gasteiger partial charge >= 0.3 is 6.03 Å². The average Bonchev–Trinajstić information content (AvgIpc) is 3.42. The second kappa shape index (κ2) is 9.44. The van der Waals surface area contributed by atoms with Crippen molar-refractivity contribution in [3.05, 3.63) is 64.9 Å². The van der Waals surface area contributed by atoms with Crippen LogP contribution in [0.5, 0.6) is 0 Å². The minimum absolute atomic E-state index is 0.0760. The van der Waals surface area contributed by atoms with Crippen molar-refractivity contribution in [2.45, 2.75) is 70.0 Å². The molecule has 4 atom stereocenters. The Morgan fingerprint density at radius 2 is 1.67 bits per heavy atom. The number of anilines is 1. The van der Waals surface area contributed by atoms with Crippen LogP contribution in [-0.2, 0) is 14.4 Å². The first-order valence-corrected chi connectivity index (χ1v) is 14.1. The van der Waals surface area contributed by atoms with Crippen LogP contribution in [0.2, 0.25) is 5.02 Å². The average molecular weight is 552 g/mol. The fourth-order valence-corrected chi connectivity index (χ4v) is 7.63. The van der Waals surface area contributed by atoms with Crippen LogP contribution in [0.3, 0.4) is 0 Å². The first-order chi connectivity index (χ1) is 18.7. The van der Waals surface area contributed by atoms with Gasteiger partial charge in [-0.3, -0.25) is 19.3 Å². The first kappa shape index (κ1) is 26.0. The predicted octanol–water partition coefficient (Wildman–Crippen LogP) is 5.72. The van der Waals surface area contributed by atoms with E-state index in [0.717, 1.165) is 43.1 Å². The Morgan fingerprint density at radius 3 is 2.31 bits per heavy atom. The number of rotatable bonds is 5. The largest absolute Gasteiger partial charge is 0.332 e. The van der Waals surface area contributed by atoms with Crippen LogP contribution in [0.15, 0.2) is 48.5 Å². The molecule has 39 heavy (non-hydrogen) atoms. The van der Waals surface area contributed by atoms with Crippen molar-refractivity contribution in [1.29, 1.82) is 0 Å². The number of hydrogen-bond donors (Lipinski definition) is 0. The summed E-state index contributed by atoms with van der Waals surface area (Å²) in [5.41, 5.74) is -0.827. The van der Waals surface area contributed by atoms with E-state index in [9.17, 15) is 23.6 Å². The highest BCUT2D eigenvalue weighted by molar-refractivity contribution is 6.30. The van der Waals surface area contributed by atoms with Gasteiger partial charge in [-0.1, -0.05) is 62.9 Å². The number of urea groups is 1. The molecule has 0 spiro atoms. The molecule has 2 aromatic rings. The van der Waals surface area contributed by atoms with Gasteiger partial charge in [0.25, 0.3) is 5.91 Å². The Balaban J connectivity index is 1.56. The van der Waals surface area contributed by atoms with Gasteiger partial charge in [0.2, 0.25) is 11.8 Å². The molecule has 0 bridgehead atoms. The van der Waals surface area contributed by atoms with Gasteiger partial charge in [0.05, 0.1) is 23.6 Å². The third-order valence-corrected chi connectivity index (χ3v) is 9.11. The highest BCUT2D eigenvalue weighted by Crippen LogP contribution is 2.61. The van der Waals surface area contributed by atoms with Crippen LogP contribution in [0.4, 0.5) is 14.9 Å². The second-order valence-corrected chi connectivity index (χ2v) is 12.1. The number of hydrogen-bond acceptors (Lipinski definition) is 4. The fraction of sp³-hybridized carbons (Fsp3) is 0.467. The summed E-state index contributed by atoms with van der Waals surface area (Å²) in [6.45, 7) is 3.86. The summed E-state index contributed by atoms with van der Waals surface area (Å²) >= 11 is 6.18. The molecule has 4 fully saturated rings. The zero-order chi connectivity index (χ0) is 27.6. The number of amides is 5. The summed E-state index contributed by atoms with van der Waals surface area (Å²) in [5, 5.41) is 0.490. The number of halogens is 2. The van der Waals surface area contributed by atoms with Crippen LogP contribution in [-0.4, -0.2) is 45.1 Å². The van der Waals surface area contributed by atoms with Crippen molar-refractivity contribution < 1.29 is 23.6 Å². The van der Waals surface area contributed by atoms with Crippen LogP contribution < -0.4 is 4.90 Å². The van der Waals surface area contributed by atoms with E-state index in [1.807, 2.05) is 13.8 Å². The van der Waals surface area contributed by atoms with Crippen LogP contribution in [0.1, 0.15) is 64.0 Å². The lowest BCUT2D eigenvalue weighted by atomic mass is 9.74. The lowest BCUT2D eigenvalue weighted by Gasteiger charge is -2.38. The Morgan fingerprint density at radius 1 is 0.974 bits per heavy atom. The molecular formula is C30H31ClFN3O4. The van der Waals surface area contributed by atoms with Gasteiger partial charge in [0.1, 0.15) is 11.4 Å². The van der Waals surface area contributed by atoms with Gasteiger partial charge in [-0.2, -0.15) is 0 Å². The van der Waals surface area contributed by atoms with E-state index in [0.29, 0.717) is 10.6 Å². The summed E-state index contributed by atoms with van der Waals surface area (Å²) in [7, 11) is 0. The molecule has 7 nitrogen and oxygen atoms in total. The summed E-state index contributed by atoms with van der Waals surface area (Å²) in [5.74, 6) is -3.83. The van der Waals surface area contributed by atoms with E-state index in [1.165, 1.54) is 28.0 Å². The summed E-state index contributed by atoms with van der Waals surface area (Å²) < 4.78 is 14.3. The molecule has 6 rings (SSSR count). The molecule has 0 aromatic heterocycles. The topological polar surface area (TPSA) is 78.0 Å². The predicted molar refractivity (Wildman–Crippen MR) is 143 cm³/mol. The number of benzene rings is 2. The van der Waals surface area contributed by atoms with E-state index in [-0.39, 0.29) is 35.9 Å². The maximum atomic E-state index is 14.5. The molecule has 2 aromatic carbocycles. The molecule has 5 amide bonds. The number of imide groups is 2. The van der Waals surface area contributed by atoms with Gasteiger partial charge in [0, 0.05) is 11.1 Å². The summed E-state index contributed by atoms with van der Waals surface area (Å²) in [4.78, 5) is 61.1. The van der Waals surface area contributed by atoms with E-state index in [4.69, 9.17) is 11.6 Å². The Bertz CT molecular complexity index is 1360. The standard InChI is InChI=1S/C30H31ClFN3O4/c1-17(2)16-30-24-23(26(36)33(27(24)37)21-8-4-3-5-9-21)25(18-11-13-19(31)14-12-18)35(30)29(39)34(28(30)38)22-10-6-7-20(32)15-22/h6-7,10-15,17,21,23-25H,3-5,8-9,16H2,1-2H3/t23-,24-,25-,30-/m1/s1. The summed E-state index contributed by atoms with van der Waals surface area (Å²) in [6, 6.07) is 10.5. The van der Waals surface area contributed by atoms with Gasteiger partial charge in [0.15, 0.2) is 0 Å². The Hall–Kier alpha value is -3.26. The molecule has 1 aliphatic carbocycles. The minimum Gasteiger partial charge on any atom is -0.300 e. The number of nitrogens with zero attached hydrogens (tertiary/aromatic N) is 3. The first-order valence-electron chi connectivity index (χ1n) is 13.7. The Kier molecular flexibility index (Phi) is 6.29. The van der Waals surface area contributed by atoms with Crippen LogP contribution in [0, 0.1) is 23.6 Å². The molecule has 4 aliphatic rings. The van der Waals surface area contributed by atoms with Crippen molar-refractivity contribution in [3.8, 4) is 0 Å². The van der Waals surface area contributed by atoms with Gasteiger partial charge in [-0.25, -0.2) is 14.1 Å². The number of likely N-dealkylation sites (tertiary alicyclic amines) is 1. The molecular weight excluding hydrogens is 521 g/mol. The maximum Gasteiger partial charge on any atom is 0.332 e. The molecule has 3 heterocycles. The third-order valence-electron chi connectivity index (χ3n) is 8.86. The third kappa shape index (κ3) is 3.74. The smallest absolute Gasteiger partial charge is 0.300 e. The molecule has 0 N–H and O–H groups in total. The quantitative estimate of drug-likeness (QED) is 0.352. The van der Waals surface area contributed by atoms with Gasteiger partial charge < -0.3 is 4.90 Å². The van der Waals surface area contributed by atoms with E-state index in [2.05, 4.69) is 0 Å². The monoisotopic (exact) mass is 551 g/mol. The molecule has 9 heteroatoms. The lowest BCUT2D eigenvalue weighted by Crippen LogP contribution is -2.55. The molecule has 3 saturated heterocycles. The van der Waals surface area contributed by atoms with Gasteiger partial charge in [-0.05, 0) is 61.1 Å². The van der Waals surface area contributed by atoms with Crippen molar-refractivity contribution in [2.24, 2.45) is 17.8 Å². The van der Waals surface area contributed by atoms with E-state index >= 15 is 0 Å². The number of fused-ring (bicyclic) bond motifs is 3.